The first-order valence-corrected chi connectivity index (χ1v) is 10.8. The van der Waals surface area contributed by atoms with Crippen LogP contribution in [-0.2, 0) is 7.05 Å². The fourth-order valence-corrected chi connectivity index (χ4v) is 4.48. The maximum Gasteiger partial charge on any atom is 0.257 e. The van der Waals surface area contributed by atoms with Crippen LogP contribution in [-0.4, -0.2) is 53.6 Å². The van der Waals surface area contributed by atoms with Gasteiger partial charge in [0.25, 0.3) is 5.91 Å². The molecule has 5 heterocycles. The molecule has 1 aliphatic heterocycles. The highest BCUT2D eigenvalue weighted by Crippen LogP contribution is 2.30. The van der Waals surface area contributed by atoms with Crippen molar-refractivity contribution in [1.82, 2.24) is 34.6 Å². The summed E-state index contributed by atoms with van der Waals surface area (Å²) in [6.07, 6.45) is 8.67. The van der Waals surface area contributed by atoms with E-state index < -0.39 is 0 Å². The fraction of sp³-hybridized carbons (Fsp3) is 0.333. The second-order valence-corrected chi connectivity index (χ2v) is 8.37. The molecule has 0 N–H and O–H groups in total. The van der Waals surface area contributed by atoms with E-state index in [1.165, 1.54) is 6.33 Å². The number of carbonyl (C=O) groups excluding carboxylic acids is 1. The number of piperidine rings is 1. The Bertz CT molecular complexity index is 1290. The summed E-state index contributed by atoms with van der Waals surface area (Å²) in [6, 6.07) is 6.24. The summed E-state index contributed by atoms with van der Waals surface area (Å²) in [5.41, 5.74) is 6.13. The maximum absolute atomic E-state index is 13.1. The Labute approximate surface area is 186 Å². The molecule has 4 aromatic heterocycles. The zero-order valence-corrected chi connectivity index (χ0v) is 18.5. The molecule has 8 heteroatoms. The van der Waals surface area contributed by atoms with Crippen LogP contribution in [0.1, 0.15) is 46.2 Å². The monoisotopic (exact) mass is 427 g/mol. The van der Waals surface area contributed by atoms with Crippen molar-refractivity contribution in [3.8, 4) is 11.1 Å². The molecule has 0 saturated carbocycles. The van der Waals surface area contributed by atoms with E-state index in [9.17, 15) is 4.79 Å². The summed E-state index contributed by atoms with van der Waals surface area (Å²) in [5, 5.41) is 5.38. The van der Waals surface area contributed by atoms with Crippen LogP contribution < -0.4 is 0 Å². The Kier molecular flexibility index (Phi) is 5.13. The first-order chi connectivity index (χ1) is 15.5. The van der Waals surface area contributed by atoms with Crippen molar-refractivity contribution in [2.75, 3.05) is 13.1 Å². The molecule has 0 radical (unpaired) electrons. The number of likely N-dealkylation sites (tertiary alicyclic amines) is 1. The van der Waals surface area contributed by atoms with Crippen LogP contribution in [0.15, 0.2) is 43.1 Å². The number of amides is 1. The number of hydrogen-bond acceptors (Lipinski definition) is 6. The molecular formula is C24H25N7O. The van der Waals surface area contributed by atoms with Gasteiger partial charge in [-0.1, -0.05) is 0 Å². The third kappa shape index (κ3) is 3.62. The van der Waals surface area contributed by atoms with E-state index in [1.54, 1.807) is 17.1 Å². The SMILES string of the molecule is Cc1nn(C)c(C)c1C(=O)N1CCC(c2ccc3cc(-c4cncnc4)cnc3n2)CC1. The number of carbonyl (C=O) groups is 1. The second-order valence-electron chi connectivity index (χ2n) is 8.37. The molecule has 32 heavy (non-hydrogen) atoms. The third-order valence-corrected chi connectivity index (χ3v) is 6.38. The van der Waals surface area contributed by atoms with Gasteiger partial charge in [0.15, 0.2) is 5.65 Å². The molecule has 0 spiro atoms. The second kappa shape index (κ2) is 8.11. The predicted octanol–water partition coefficient (Wildman–Crippen LogP) is 3.46. The first-order valence-electron chi connectivity index (χ1n) is 10.8. The van der Waals surface area contributed by atoms with Crippen LogP contribution in [0.3, 0.4) is 0 Å². The molecule has 1 aliphatic rings. The van der Waals surface area contributed by atoms with Gasteiger partial charge in [0.1, 0.15) is 6.33 Å². The van der Waals surface area contributed by atoms with Gasteiger partial charge in [0.05, 0.1) is 11.3 Å². The summed E-state index contributed by atoms with van der Waals surface area (Å²) < 4.78 is 1.78. The quantitative estimate of drug-likeness (QED) is 0.497. The minimum atomic E-state index is 0.0807. The summed E-state index contributed by atoms with van der Waals surface area (Å²) in [6.45, 7) is 5.28. The van der Waals surface area contributed by atoms with Crippen LogP contribution in [0.2, 0.25) is 0 Å². The van der Waals surface area contributed by atoms with Crippen LogP contribution in [0.5, 0.6) is 0 Å². The molecule has 1 fully saturated rings. The summed E-state index contributed by atoms with van der Waals surface area (Å²) in [7, 11) is 1.88. The van der Waals surface area contributed by atoms with Gasteiger partial charge in [-0.05, 0) is 44.9 Å². The molecule has 5 rings (SSSR count). The zero-order valence-electron chi connectivity index (χ0n) is 18.5. The molecule has 1 amide bonds. The molecule has 0 aliphatic carbocycles. The van der Waals surface area contributed by atoms with E-state index in [2.05, 4.69) is 38.2 Å². The maximum atomic E-state index is 13.1. The van der Waals surface area contributed by atoms with Gasteiger partial charge >= 0.3 is 0 Å². The lowest BCUT2D eigenvalue weighted by Crippen LogP contribution is -2.38. The Morgan fingerprint density at radius 2 is 1.78 bits per heavy atom. The predicted molar refractivity (Wildman–Crippen MR) is 121 cm³/mol. The highest BCUT2D eigenvalue weighted by Gasteiger charge is 2.28. The standard InChI is InChI=1S/C24H25N7O/c1-15-22(16(2)30(3)29-15)24(32)31-8-6-17(7-9-31)21-5-4-18-10-19(13-27-23(18)28-21)20-11-25-14-26-12-20/h4-5,10-14,17H,6-9H2,1-3H3. The van der Waals surface area contributed by atoms with Gasteiger partial charge in [-0.3, -0.25) is 9.48 Å². The van der Waals surface area contributed by atoms with Crippen molar-refractivity contribution in [3.05, 3.63) is 65.8 Å². The number of hydrogen-bond donors (Lipinski definition) is 0. The van der Waals surface area contributed by atoms with Crippen LogP contribution in [0, 0.1) is 13.8 Å². The highest BCUT2D eigenvalue weighted by molar-refractivity contribution is 5.96. The number of aryl methyl sites for hydroxylation is 2. The minimum Gasteiger partial charge on any atom is -0.338 e. The lowest BCUT2D eigenvalue weighted by Gasteiger charge is -2.32. The molecule has 8 nitrogen and oxygen atoms in total. The van der Waals surface area contributed by atoms with E-state index in [0.29, 0.717) is 5.92 Å². The van der Waals surface area contributed by atoms with Crippen molar-refractivity contribution < 1.29 is 4.79 Å². The molecule has 0 atom stereocenters. The van der Waals surface area contributed by atoms with Crippen molar-refractivity contribution in [2.45, 2.75) is 32.6 Å². The number of fused-ring (bicyclic) bond motifs is 1. The normalized spacial score (nSPS) is 14.8. The van der Waals surface area contributed by atoms with Crippen molar-refractivity contribution in [1.29, 1.82) is 0 Å². The van der Waals surface area contributed by atoms with Crippen molar-refractivity contribution in [2.24, 2.45) is 7.05 Å². The first kappa shape index (κ1) is 20.2. The molecular weight excluding hydrogens is 402 g/mol. The van der Waals surface area contributed by atoms with E-state index in [1.807, 2.05) is 32.0 Å². The van der Waals surface area contributed by atoms with E-state index in [-0.39, 0.29) is 5.91 Å². The number of aromatic nitrogens is 6. The molecule has 0 aromatic carbocycles. The highest BCUT2D eigenvalue weighted by atomic mass is 16.2. The van der Waals surface area contributed by atoms with Gasteiger partial charge in [-0.15, -0.1) is 0 Å². The zero-order chi connectivity index (χ0) is 22.2. The van der Waals surface area contributed by atoms with Gasteiger partial charge in [0, 0.05) is 72.5 Å². The number of rotatable bonds is 3. The smallest absolute Gasteiger partial charge is 0.257 e. The van der Waals surface area contributed by atoms with E-state index in [0.717, 1.165) is 70.7 Å². The van der Waals surface area contributed by atoms with Gasteiger partial charge in [-0.25, -0.2) is 19.9 Å². The topological polar surface area (TPSA) is 89.7 Å². The van der Waals surface area contributed by atoms with Gasteiger partial charge in [0.2, 0.25) is 0 Å². The van der Waals surface area contributed by atoms with Crippen molar-refractivity contribution in [3.63, 3.8) is 0 Å². The van der Waals surface area contributed by atoms with Crippen molar-refractivity contribution >= 4 is 16.9 Å². The molecule has 0 unspecified atom stereocenters. The molecule has 0 bridgehead atoms. The average molecular weight is 428 g/mol. The summed E-state index contributed by atoms with van der Waals surface area (Å²) >= 11 is 0. The molecule has 4 aromatic rings. The average Bonchev–Trinajstić information content (AvgIpc) is 3.09. The molecule has 162 valence electrons. The fourth-order valence-electron chi connectivity index (χ4n) is 4.48. The Balaban J connectivity index is 1.31. The third-order valence-electron chi connectivity index (χ3n) is 6.38. The Morgan fingerprint density at radius 1 is 1.03 bits per heavy atom. The molecule has 1 saturated heterocycles. The van der Waals surface area contributed by atoms with Crippen LogP contribution in [0.25, 0.3) is 22.2 Å². The largest absolute Gasteiger partial charge is 0.338 e. The van der Waals surface area contributed by atoms with Crippen LogP contribution in [0.4, 0.5) is 0 Å². The van der Waals surface area contributed by atoms with E-state index in [4.69, 9.17) is 4.98 Å². The minimum absolute atomic E-state index is 0.0807. The lowest BCUT2D eigenvalue weighted by molar-refractivity contribution is 0.0710. The summed E-state index contributed by atoms with van der Waals surface area (Å²) in [4.78, 5) is 32.6. The van der Waals surface area contributed by atoms with E-state index >= 15 is 0 Å². The Hall–Kier alpha value is -3.68. The number of pyridine rings is 2. The number of nitrogens with zero attached hydrogens (tertiary/aromatic N) is 7. The van der Waals surface area contributed by atoms with Crippen LogP contribution >= 0.6 is 0 Å². The Morgan fingerprint density at radius 3 is 2.47 bits per heavy atom. The lowest BCUT2D eigenvalue weighted by atomic mass is 9.92. The summed E-state index contributed by atoms with van der Waals surface area (Å²) in [5.74, 6) is 0.403. The van der Waals surface area contributed by atoms with Gasteiger partial charge in [-0.2, -0.15) is 5.10 Å². The van der Waals surface area contributed by atoms with Gasteiger partial charge < -0.3 is 4.90 Å².